The molecule has 0 bridgehead atoms. The summed E-state index contributed by atoms with van der Waals surface area (Å²) >= 11 is 3.01. The number of carboxylic acids is 1. The Morgan fingerprint density at radius 3 is 2.79 bits per heavy atom. The van der Waals surface area contributed by atoms with Crippen LogP contribution in [0.2, 0.25) is 0 Å². The molecule has 0 aliphatic carbocycles. The first-order valence-corrected chi connectivity index (χ1v) is 4.49. The van der Waals surface area contributed by atoms with Gasteiger partial charge in [-0.3, -0.25) is 4.98 Å². The lowest BCUT2D eigenvalue weighted by Crippen LogP contribution is -2.43. The van der Waals surface area contributed by atoms with Crippen molar-refractivity contribution in [3.8, 4) is 0 Å². The Bertz CT molecular complexity index is 382. The van der Waals surface area contributed by atoms with Crippen molar-refractivity contribution in [3.05, 3.63) is 28.2 Å². The largest absolute Gasteiger partial charge is 0.480 e. The molecule has 0 fully saturated rings. The summed E-state index contributed by atoms with van der Waals surface area (Å²) in [6.07, 6.45) is 1.30. The molecule has 0 saturated heterocycles. The van der Waals surface area contributed by atoms with Crippen LogP contribution in [0.5, 0.6) is 0 Å². The van der Waals surface area contributed by atoms with Gasteiger partial charge in [0.2, 0.25) is 0 Å². The smallest absolute Gasteiger partial charge is 0.329 e. The van der Waals surface area contributed by atoms with Gasteiger partial charge in [0.05, 0.1) is 0 Å². The minimum atomic E-state index is -1.81. The van der Waals surface area contributed by atoms with Crippen molar-refractivity contribution in [1.82, 2.24) is 4.98 Å². The minimum absolute atomic E-state index is 0.284. The monoisotopic (exact) mass is 262 g/mol. The standard InChI is InChI=1S/C8H8BrFN2O2/c1-8(11,7(13)14)6-5(10)2-4(9)3-12-6/h2-3H,11H2,1H3,(H,13,14). The molecule has 1 aromatic rings. The third-order valence-corrected chi connectivity index (χ3v) is 2.18. The summed E-state index contributed by atoms with van der Waals surface area (Å²) < 4.78 is 13.7. The third-order valence-electron chi connectivity index (χ3n) is 1.74. The molecule has 0 saturated carbocycles. The number of aliphatic carboxylic acids is 1. The van der Waals surface area contributed by atoms with Crippen LogP contribution >= 0.6 is 15.9 Å². The molecule has 0 aliphatic heterocycles. The molecular formula is C8H8BrFN2O2. The van der Waals surface area contributed by atoms with E-state index in [4.69, 9.17) is 10.8 Å². The maximum absolute atomic E-state index is 13.3. The van der Waals surface area contributed by atoms with Crippen LogP contribution in [0.25, 0.3) is 0 Å². The quantitative estimate of drug-likeness (QED) is 0.841. The van der Waals surface area contributed by atoms with Crippen LogP contribution in [0.4, 0.5) is 4.39 Å². The number of hydrogen-bond acceptors (Lipinski definition) is 3. The molecule has 0 radical (unpaired) electrons. The second-order valence-electron chi connectivity index (χ2n) is 2.99. The Morgan fingerprint density at radius 1 is 1.79 bits per heavy atom. The van der Waals surface area contributed by atoms with E-state index < -0.39 is 17.3 Å². The Kier molecular flexibility index (Phi) is 2.86. The number of carbonyl (C=O) groups is 1. The Morgan fingerprint density at radius 2 is 2.36 bits per heavy atom. The predicted molar refractivity (Wildman–Crippen MR) is 51.1 cm³/mol. The van der Waals surface area contributed by atoms with Crippen LogP contribution < -0.4 is 5.73 Å². The fraction of sp³-hybridized carbons (Fsp3) is 0.250. The molecule has 3 N–H and O–H groups in total. The summed E-state index contributed by atoms with van der Waals surface area (Å²) in [7, 11) is 0. The summed E-state index contributed by atoms with van der Waals surface area (Å²) in [5, 5.41) is 8.75. The van der Waals surface area contributed by atoms with Gasteiger partial charge >= 0.3 is 5.97 Å². The molecule has 1 heterocycles. The second kappa shape index (κ2) is 3.62. The van der Waals surface area contributed by atoms with Crippen molar-refractivity contribution < 1.29 is 14.3 Å². The van der Waals surface area contributed by atoms with Crippen molar-refractivity contribution >= 4 is 21.9 Å². The lowest BCUT2D eigenvalue weighted by molar-refractivity contribution is -0.143. The fourth-order valence-electron chi connectivity index (χ4n) is 0.898. The molecule has 6 heteroatoms. The van der Waals surface area contributed by atoms with Crippen LogP contribution in [0.3, 0.4) is 0 Å². The Balaban J connectivity index is 3.26. The van der Waals surface area contributed by atoms with Crippen LogP contribution in [0.15, 0.2) is 16.7 Å². The van der Waals surface area contributed by atoms with E-state index in [9.17, 15) is 9.18 Å². The highest BCUT2D eigenvalue weighted by atomic mass is 79.9. The Hall–Kier alpha value is -1.01. The molecule has 0 spiro atoms. The molecular weight excluding hydrogens is 255 g/mol. The highest BCUT2D eigenvalue weighted by Crippen LogP contribution is 2.21. The highest BCUT2D eigenvalue weighted by molar-refractivity contribution is 9.10. The van der Waals surface area contributed by atoms with Crippen molar-refractivity contribution in [1.29, 1.82) is 0 Å². The van der Waals surface area contributed by atoms with Crippen molar-refractivity contribution in [3.63, 3.8) is 0 Å². The van der Waals surface area contributed by atoms with E-state index in [-0.39, 0.29) is 5.69 Å². The van der Waals surface area contributed by atoms with Gasteiger partial charge in [-0.2, -0.15) is 0 Å². The highest BCUT2D eigenvalue weighted by Gasteiger charge is 2.34. The van der Waals surface area contributed by atoms with E-state index in [1.54, 1.807) is 0 Å². The van der Waals surface area contributed by atoms with Crippen LogP contribution in [-0.2, 0) is 10.3 Å². The molecule has 1 unspecified atom stereocenters. The van der Waals surface area contributed by atoms with E-state index in [0.29, 0.717) is 4.47 Å². The molecule has 14 heavy (non-hydrogen) atoms. The zero-order valence-corrected chi connectivity index (χ0v) is 8.88. The normalized spacial score (nSPS) is 14.9. The van der Waals surface area contributed by atoms with E-state index >= 15 is 0 Å². The van der Waals surface area contributed by atoms with E-state index in [0.717, 1.165) is 6.07 Å². The van der Waals surface area contributed by atoms with E-state index in [1.165, 1.54) is 13.1 Å². The van der Waals surface area contributed by atoms with Crippen molar-refractivity contribution in [2.75, 3.05) is 0 Å². The van der Waals surface area contributed by atoms with Crippen molar-refractivity contribution in [2.45, 2.75) is 12.5 Å². The van der Waals surface area contributed by atoms with Gasteiger partial charge < -0.3 is 10.8 Å². The van der Waals surface area contributed by atoms with Crippen LogP contribution in [-0.4, -0.2) is 16.1 Å². The zero-order chi connectivity index (χ0) is 10.9. The maximum atomic E-state index is 13.3. The molecule has 0 amide bonds. The summed E-state index contributed by atoms with van der Waals surface area (Å²) in [6.45, 7) is 1.19. The van der Waals surface area contributed by atoms with Gasteiger partial charge in [0.15, 0.2) is 5.54 Å². The number of pyridine rings is 1. The maximum Gasteiger partial charge on any atom is 0.329 e. The molecule has 1 atom stereocenters. The number of carboxylic acid groups (broad SMARTS) is 1. The average molecular weight is 263 g/mol. The summed E-state index contributed by atoms with van der Waals surface area (Å²) in [5.74, 6) is -2.07. The molecule has 76 valence electrons. The third kappa shape index (κ3) is 1.91. The first-order valence-electron chi connectivity index (χ1n) is 3.69. The van der Waals surface area contributed by atoms with Gasteiger partial charge in [-0.25, -0.2) is 9.18 Å². The number of nitrogens with two attached hydrogens (primary N) is 1. The summed E-state index contributed by atoms with van der Waals surface area (Å²) in [4.78, 5) is 14.4. The van der Waals surface area contributed by atoms with Gasteiger partial charge in [0.25, 0.3) is 0 Å². The molecule has 1 rings (SSSR count). The fourth-order valence-corrected chi connectivity index (χ4v) is 1.20. The predicted octanol–water partition coefficient (Wildman–Crippen LogP) is 1.24. The first-order chi connectivity index (χ1) is 6.35. The Labute approximate surface area is 88.1 Å². The SMILES string of the molecule is CC(N)(C(=O)O)c1ncc(Br)cc1F. The van der Waals surface area contributed by atoms with E-state index in [2.05, 4.69) is 20.9 Å². The van der Waals surface area contributed by atoms with Crippen LogP contribution in [0.1, 0.15) is 12.6 Å². The van der Waals surface area contributed by atoms with Gasteiger partial charge in [-0.1, -0.05) is 0 Å². The summed E-state index contributed by atoms with van der Waals surface area (Å²) in [5.41, 5.74) is 3.32. The first kappa shape index (κ1) is 11.1. The lowest BCUT2D eigenvalue weighted by atomic mass is 9.98. The van der Waals surface area contributed by atoms with E-state index in [1.807, 2.05) is 0 Å². The summed E-state index contributed by atoms with van der Waals surface area (Å²) in [6, 6.07) is 1.12. The van der Waals surface area contributed by atoms with Gasteiger partial charge in [0, 0.05) is 10.7 Å². The van der Waals surface area contributed by atoms with Crippen LogP contribution in [0, 0.1) is 5.82 Å². The topological polar surface area (TPSA) is 76.2 Å². The average Bonchev–Trinajstić information content (AvgIpc) is 2.02. The lowest BCUT2D eigenvalue weighted by Gasteiger charge is -2.18. The van der Waals surface area contributed by atoms with Gasteiger partial charge in [0.1, 0.15) is 11.5 Å². The van der Waals surface area contributed by atoms with Crippen molar-refractivity contribution in [2.24, 2.45) is 5.73 Å². The number of hydrogen-bond donors (Lipinski definition) is 2. The second-order valence-corrected chi connectivity index (χ2v) is 3.91. The number of aromatic nitrogens is 1. The van der Waals surface area contributed by atoms with Gasteiger partial charge in [-0.05, 0) is 28.9 Å². The molecule has 0 aromatic carbocycles. The number of rotatable bonds is 2. The zero-order valence-electron chi connectivity index (χ0n) is 7.29. The number of halogens is 2. The molecule has 0 aliphatic rings. The number of nitrogens with zero attached hydrogens (tertiary/aromatic N) is 1. The van der Waals surface area contributed by atoms with Gasteiger partial charge in [-0.15, -0.1) is 0 Å². The molecule has 4 nitrogen and oxygen atoms in total. The molecule has 1 aromatic heterocycles. The minimum Gasteiger partial charge on any atom is -0.480 e.